The van der Waals surface area contributed by atoms with Crippen molar-refractivity contribution in [3.8, 4) is 0 Å². The highest BCUT2D eigenvalue weighted by molar-refractivity contribution is 5.43. The molecule has 0 saturated heterocycles. The molecular formula is C10H18N4O. The van der Waals surface area contributed by atoms with Crippen LogP contribution in [-0.4, -0.2) is 9.97 Å². The molecule has 1 aromatic rings. The van der Waals surface area contributed by atoms with Crippen molar-refractivity contribution in [1.29, 1.82) is 0 Å². The lowest BCUT2D eigenvalue weighted by Gasteiger charge is -2.14. The van der Waals surface area contributed by atoms with Crippen molar-refractivity contribution in [3.05, 3.63) is 15.9 Å². The van der Waals surface area contributed by atoms with Gasteiger partial charge >= 0.3 is 0 Å². The molecular weight excluding hydrogens is 192 g/mol. The van der Waals surface area contributed by atoms with Gasteiger partial charge in [-0.1, -0.05) is 20.8 Å². The zero-order valence-electron chi connectivity index (χ0n) is 9.37. The lowest BCUT2D eigenvalue weighted by Crippen LogP contribution is -2.21. The van der Waals surface area contributed by atoms with Crippen LogP contribution < -0.4 is 17.0 Å². The van der Waals surface area contributed by atoms with Gasteiger partial charge in [0.1, 0.15) is 5.82 Å². The minimum Gasteiger partial charge on any atom is -0.383 e. The maximum atomic E-state index is 11.6. The van der Waals surface area contributed by atoms with E-state index >= 15 is 0 Å². The van der Waals surface area contributed by atoms with Gasteiger partial charge in [0.05, 0.1) is 5.56 Å². The third kappa shape index (κ3) is 2.71. The minimum atomic E-state index is -0.229. The van der Waals surface area contributed by atoms with Crippen LogP contribution in [0, 0.1) is 5.92 Å². The van der Waals surface area contributed by atoms with E-state index in [1.807, 2.05) is 6.92 Å². The molecule has 5 N–H and O–H groups in total. The fourth-order valence-corrected chi connectivity index (χ4v) is 1.82. The Hall–Kier alpha value is -1.52. The summed E-state index contributed by atoms with van der Waals surface area (Å²) in [5, 5.41) is 0. The summed E-state index contributed by atoms with van der Waals surface area (Å²) in [4.78, 5) is 18.0. The number of nitrogens with two attached hydrogens (primary N) is 2. The molecule has 0 aromatic carbocycles. The van der Waals surface area contributed by atoms with E-state index in [1.54, 1.807) is 0 Å². The SMILES string of the molecule is CC(C)C[C@@H](C)c1c(N)nc(N)[nH]c1=O. The average Bonchev–Trinajstić information content (AvgIpc) is 1.99. The molecule has 1 heterocycles. The first-order valence-electron chi connectivity index (χ1n) is 5.07. The Labute approximate surface area is 88.9 Å². The van der Waals surface area contributed by atoms with E-state index in [9.17, 15) is 4.79 Å². The smallest absolute Gasteiger partial charge is 0.257 e. The molecule has 0 spiro atoms. The van der Waals surface area contributed by atoms with E-state index in [1.165, 1.54) is 0 Å². The number of H-pyrrole nitrogens is 1. The van der Waals surface area contributed by atoms with Gasteiger partial charge in [-0.3, -0.25) is 9.78 Å². The van der Waals surface area contributed by atoms with Gasteiger partial charge < -0.3 is 11.5 Å². The summed E-state index contributed by atoms with van der Waals surface area (Å²) >= 11 is 0. The molecule has 15 heavy (non-hydrogen) atoms. The molecule has 1 atom stereocenters. The summed E-state index contributed by atoms with van der Waals surface area (Å²) in [5.41, 5.74) is 11.4. The molecule has 0 fully saturated rings. The van der Waals surface area contributed by atoms with Gasteiger partial charge in [-0.2, -0.15) is 4.98 Å². The number of hydrogen-bond acceptors (Lipinski definition) is 4. The Morgan fingerprint density at radius 1 is 1.33 bits per heavy atom. The van der Waals surface area contributed by atoms with Crippen LogP contribution in [0.3, 0.4) is 0 Å². The van der Waals surface area contributed by atoms with Gasteiger partial charge in [-0.05, 0) is 18.3 Å². The molecule has 0 aliphatic carbocycles. The number of nitrogens with one attached hydrogen (secondary N) is 1. The first-order chi connectivity index (χ1) is 6.91. The van der Waals surface area contributed by atoms with Crippen LogP contribution in [0.25, 0.3) is 0 Å². The average molecular weight is 210 g/mol. The second kappa shape index (κ2) is 4.33. The molecule has 5 heteroatoms. The number of rotatable bonds is 3. The highest BCUT2D eigenvalue weighted by atomic mass is 16.1. The summed E-state index contributed by atoms with van der Waals surface area (Å²) in [5.74, 6) is 0.917. The van der Waals surface area contributed by atoms with Crippen LogP contribution in [-0.2, 0) is 0 Å². The van der Waals surface area contributed by atoms with Gasteiger partial charge in [-0.25, -0.2) is 0 Å². The molecule has 0 aliphatic rings. The first kappa shape index (κ1) is 11.6. The van der Waals surface area contributed by atoms with Crippen LogP contribution in [0.5, 0.6) is 0 Å². The molecule has 5 nitrogen and oxygen atoms in total. The van der Waals surface area contributed by atoms with Gasteiger partial charge in [0.25, 0.3) is 5.56 Å². The van der Waals surface area contributed by atoms with E-state index in [0.717, 1.165) is 6.42 Å². The van der Waals surface area contributed by atoms with Crippen molar-refractivity contribution in [2.45, 2.75) is 33.1 Å². The molecule has 0 bridgehead atoms. The van der Waals surface area contributed by atoms with E-state index in [-0.39, 0.29) is 23.2 Å². The molecule has 0 aliphatic heterocycles. The predicted molar refractivity (Wildman–Crippen MR) is 61.6 cm³/mol. The summed E-state index contributed by atoms with van der Waals surface area (Å²) < 4.78 is 0. The number of nitrogen functional groups attached to an aromatic ring is 2. The number of aromatic amines is 1. The normalized spacial score (nSPS) is 13.1. The molecule has 84 valence electrons. The maximum absolute atomic E-state index is 11.6. The fraction of sp³-hybridized carbons (Fsp3) is 0.600. The van der Waals surface area contributed by atoms with Crippen molar-refractivity contribution in [1.82, 2.24) is 9.97 Å². The van der Waals surface area contributed by atoms with E-state index < -0.39 is 0 Å². The van der Waals surface area contributed by atoms with Crippen LogP contribution in [0.15, 0.2) is 4.79 Å². The standard InChI is InChI=1S/C10H18N4O/c1-5(2)4-6(3)7-8(11)13-10(12)14-9(7)15/h5-6H,4H2,1-3H3,(H5,11,12,13,14,15)/t6-/m1/s1. The highest BCUT2D eigenvalue weighted by Crippen LogP contribution is 2.23. The second-order valence-electron chi connectivity index (χ2n) is 4.28. The van der Waals surface area contributed by atoms with Crippen LogP contribution in [0.4, 0.5) is 11.8 Å². The number of aromatic nitrogens is 2. The van der Waals surface area contributed by atoms with E-state index in [0.29, 0.717) is 11.5 Å². The summed E-state index contributed by atoms with van der Waals surface area (Å²) in [7, 11) is 0. The second-order valence-corrected chi connectivity index (χ2v) is 4.28. The largest absolute Gasteiger partial charge is 0.383 e. The Balaban J connectivity index is 3.09. The molecule has 0 unspecified atom stereocenters. The van der Waals surface area contributed by atoms with Gasteiger partial charge in [-0.15, -0.1) is 0 Å². The van der Waals surface area contributed by atoms with Crippen molar-refractivity contribution in [2.75, 3.05) is 11.5 Å². The minimum absolute atomic E-state index is 0.0676. The van der Waals surface area contributed by atoms with Crippen molar-refractivity contribution < 1.29 is 0 Å². The monoisotopic (exact) mass is 210 g/mol. The van der Waals surface area contributed by atoms with Crippen LogP contribution >= 0.6 is 0 Å². The van der Waals surface area contributed by atoms with E-state index in [4.69, 9.17) is 11.5 Å². The molecule has 1 rings (SSSR count). The van der Waals surface area contributed by atoms with Crippen LogP contribution in [0.2, 0.25) is 0 Å². The van der Waals surface area contributed by atoms with Crippen molar-refractivity contribution >= 4 is 11.8 Å². The van der Waals surface area contributed by atoms with E-state index in [2.05, 4.69) is 23.8 Å². The summed E-state index contributed by atoms with van der Waals surface area (Å²) in [6.45, 7) is 6.18. The number of anilines is 2. The summed E-state index contributed by atoms with van der Waals surface area (Å²) in [6.07, 6.45) is 0.902. The zero-order chi connectivity index (χ0) is 11.6. The Bertz CT molecular complexity index is 397. The number of nitrogens with zero attached hydrogens (tertiary/aromatic N) is 1. The molecule has 0 saturated carbocycles. The predicted octanol–water partition coefficient (Wildman–Crippen LogP) is 1.08. The van der Waals surface area contributed by atoms with Gasteiger partial charge in [0.2, 0.25) is 5.95 Å². The lowest BCUT2D eigenvalue weighted by molar-refractivity contribution is 0.521. The first-order valence-corrected chi connectivity index (χ1v) is 5.07. The van der Waals surface area contributed by atoms with Crippen molar-refractivity contribution in [2.24, 2.45) is 5.92 Å². The Morgan fingerprint density at radius 2 is 1.93 bits per heavy atom. The number of hydrogen-bond donors (Lipinski definition) is 3. The van der Waals surface area contributed by atoms with Crippen molar-refractivity contribution in [3.63, 3.8) is 0 Å². The molecule has 0 amide bonds. The summed E-state index contributed by atoms with van der Waals surface area (Å²) in [6, 6.07) is 0. The maximum Gasteiger partial charge on any atom is 0.257 e. The van der Waals surface area contributed by atoms with Gasteiger partial charge in [0.15, 0.2) is 0 Å². The highest BCUT2D eigenvalue weighted by Gasteiger charge is 2.16. The van der Waals surface area contributed by atoms with Crippen LogP contribution in [0.1, 0.15) is 38.7 Å². The third-order valence-electron chi connectivity index (χ3n) is 2.32. The zero-order valence-corrected chi connectivity index (χ0v) is 9.37. The molecule has 0 radical (unpaired) electrons. The molecule has 1 aromatic heterocycles. The van der Waals surface area contributed by atoms with Gasteiger partial charge in [0, 0.05) is 0 Å². The fourth-order valence-electron chi connectivity index (χ4n) is 1.82. The third-order valence-corrected chi connectivity index (χ3v) is 2.32. The lowest BCUT2D eigenvalue weighted by atomic mass is 9.93. The Morgan fingerprint density at radius 3 is 2.40 bits per heavy atom. The Kier molecular flexibility index (Phi) is 3.34. The quantitative estimate of drug-likeness (QED) is 0.695. The topological polar surface area (TPSA) is 97.8 Å².